The minimum absolute atomic E-state index is 0.164. The summed E-state index contributed by atoms with van der Waals surface area (Å²) >= 11 is 0. The fourth-order valence-corrected chi connectivity index (χ4v) is 2.70. The minimum Gasteiger partial charge on any atom is -0.399 e. The van der Waals surface area contributed by atoms with Gasteiger partial charge in [0.25, 0.3) is 0 Å². The Labute approximate surface area is 120 Å². The quantitative estimate of drug-likeness (QED) is 0.794. The van der Waals surface area contributed by atoms with Crippen LogP contribution in [0.15, 0.2) is 12.1 Å². The highest BCUT2D eigenvalue weighted by molar-refractivity contribution is 6.62. The molecular formula is C15H21BFNO2. The fourth-order valence-electron chi connectivity index (χ4n) is 2.70. The number of hydrogen-bond acceptors (Lipinski definition) is 3. The van der Waals surface area contributed by atoms with Crippen LogP contribution in [0.5, 0.6) is 0 Å². The van der Waals surface area contributed by atoms with Gasteiger partial charge in [-0.25, -0.2) is 4.39 Å². The lowest BCUT2D eigenvalue weighted by atomic mass is 9.76. The molecule has 0 bridgehead atoms. The highest BCUT2D eigenvalue weighted by Gasteiger charge is 2.52. The van der Waals surface area contributed by atoms with E-state index in [1.807, 2.05) is 33.8 Å². The van der Waals surface area contributed by atoms with Crippen molar-refractivity contribution in [2.24, 2.45) is 0 Å². The van der Waals surface area contributed by atoms with Gasteiger partial charge in [0.1, 0.15) is 5.82 Å². The van der Waals surface area contributed by atoms with E-state index in [1.54, 1.807) is 6.07 Å². The maximum absolute atomic E-state index is 14.7. The SMILES string of the molecule is CC1(C)OB(c2ccc3c(c2F)CCNC3)OC1(C)C. The van der Waals surface area contributed by atoms with Crippen LogP contribution in [-0.4, -0.2) is 24.9 Å². The van der Waals surface area contributed by atoms with E-state index in [9.17, 15) is 4.39 Å². The second kappa shape index (κ2) is 4.55. The van der Waals surface area contributed by atoms with Crippen molar-refractivity contribution in [3.05, 3.63) is 29.1 Å². The Kier molecular flexibility index (Phi) is 3.20. The zero-order valence-electron chi connectivity index (χ0n) is 12.5. The van der Waals surface area contributed by atoms with Crippen molar-refractivity contribution < 1.29 is 13.7 Å². The first-order valence-corrected chi connectivity index (χ1v) is 7.18. The molecule has 1 aromatic rings. The molecule has 0 atom stereocenters. The second-order valence-electron chi connectivity index (χ2n) is 6.62. The van der Waals surface area contributed by atoms with E-state index in [4.69, 9.17) is 9.31 Å². The van der Waals surface area contributed by atoms with Crippen molar-refractivity contribution in [2.45, 2.75) is 51.9 Å². The Hall–Kier alpha value is -0.905. The van der Waals surface area contributed by atoms with Crippen LogP contribution in [0.1, 0.15) is 38.8 Å². The van der Waals surface area contributed by atoms with Crippen LogP contribution < -0.4 is 10.8 Å². The number of hydrogen-bond donors (Lipinski definition) is 1. The van der Waals surface area contributed by atoms with Gasteiger partial charge >= 0.3 is 7.12 Å². The molecule has 2 heterocycles. The maximum atomic E-state index is 14.7. The van der Waals surface area contributed by atoms with Crippen LogP contribution in [0.2, 0.25) is 0 Å². The molecule has 1 aromatic carbocycles. The smallest absolute Gasteiger partial charge is 0.399 e. The van der Waals surface area contributed by atoms with E-state index in [0.29, 0.717) is 11.9 Å². The largest absolute Gasteiger partial charge is 0.497 e. The molecule has 0 radical (unpaired) electrons. The molecule has 1 N–H and O–H groups in total. The molecule has 2 aliphatic rings. The Morgan fingerprint density at radius 2 is 1.80 bits per heavy atom. The van der Waals surface area contributed by atoms with E-state index in [0.717, 1.165) is 24.2 Å². The first kappa shape index (κ1) is 14.0. The van der Waals surface area contributed by atoms with Crippen molar-refractivity contribution >= 4 is 12.6 Å². The van der Waals surface area contributed by atoms with Gasteiger partial charge in [0.05, 0.1) is 11.2 Å². The second-order valence-corrected chi connectivity index (χ2v) is 6.62. The zero-order chi connectivity index (χ0) is 14.5. The highest BCUT2D eigenvalue weighted by atomic mass is 19.1. The molecule has 3 rings (SSSR count). The topological polar surface area (TPSA) is 30.5 Å². The standard InChI is InChI=1S/C15H21BFNO2/c1-14(2)15(3,4)20-16(19-14)12-6-5-10-9-18-8-7-11(10)13(12)17/h5-6,18H,7-9H2,1-4H3. The summed E-state index contributed by atoms with van der Waals surface area (Å²) in [6, 6.07) is 3.77. The average Bonchev–Trinajstić information content (AvgIpc) is 2.59. The molecule has 2 aliphatic heterocycles. The van der Waals surface area contributed by atoms with Gasteiger partial charge < -0.3 is 14.6 Å². The molecule has 3 nitrogen and oxygen atoms in total. The van der Waals surface area contributed by atoms with E-state index in [2.05, 4.69) is 5.32 Å². The van der Waals surface area contributed by atoms with Gasteiger partial charge in [-0.05, 0) is 51.8 Å². The van der Waals surface area contributed by atoms with Crippen LogP contribution in [0, 0.1) is 5.82 Å². The Morgan fingerprint density at radius 3 is 2.45 bits per heavy atom. The van der Waals surface area contributed by atoms with Gasteiger partial charge in [-0.15, -0.1) is 0 Å². The van der Waals surface area contributed by atoms with Gasteiger partial charge in [0.2, 0.25) is 0 Å². The van der Waals surface area contributed by atoms with Crippen LogP contribution in [0.4, 0.5) is 4.39 Å². The van der Waals surface area contributed by atoms with Crippen LogP contribution in [0.3, 0.4) is 0 Å². The third-order valence-electron chi connectivity index (χ3n) is 4.74. The van der Waals surface area contributed by atoms with Gasteiger partial charge in [0, 0.05) is 12.0 Å². The van der Waals surface area contributed by atoms with Crippen molar-refractivity contribution in [3.8, 4) is 0 Å². The summed E-state index contributed by atoms with van der Waals surface area (Å²) in [5, 5.41) is 3.25. The van der Waals surface area contributed by atoms with Crippen LogP contribution in [-0.2, 0) is 22.3 Å². The average molecular weight is 277 g/mol. The molecule has 0 saturated carbocycles. The lowest BCUT2D eigenvalue weighted by molar-refractivity contribution is 0.00578. The van der Waals surface area contributed by atoms with E-state index < -0.39 is 18.3 Å². The first-order chi connectivity index (χ1) is 9.32. The molecular weight excluding hydrogens is 256 g/mol. The molecule has 0 aliphatic carbocycles. The van der Waals surface area contributed by atoms with Crippen molar-refractivity contribution in [1.29, 1.82) is 0 Å². The lowest BCUT2D eigenvalue weighted by Gasteiger charge is -2.32. The normalized spacial score (nSPS) is 23.8. The molecule has 20 heavy (non-hydrogen) atoms. The number of rotatable bonds is 1. The molecule has 0 aromatic heterocycles. The Morgan fingerprint density at radius 1 is 1.15 bits per heavy atom. The van der Waals surface area contributed by atoms with E-state index >= 15 is 0 Å². The predicted octanol–water partition coefficient (Wildman–Crippen LogP) is 1.77. The van der Waals surface area contributed by atoms with E-state index in [1.165, 1.54) is 0 Å². The van der Waals surface area contributed by atoms with Crippen LogP contribution in [0.25, 0.3) is 0 Å². The summed E-state index contributed by atoms with van der Waals surface area (Å²) in [6.07, 6.45) is 0.717. The van der Waals surface area contributed by atoms with Gasteiger partial charge in [-0.2, -0.15) is 0 Å². The van der Waals surface area contributed by atoms with Crippen molar-refractivity contribution in [2.75, 3.05) is 6.54 Å². The Balaban J connectivity index is 1.96. The van der Waals surface area contributed by atoms with Gasteiger partial charge in [0.15, 0.2) is 0 Å². The summed E-state index contributed by atoms with van der Waals surface area (Å²) < 4.78 is 26.6. The number of halogens is 1. The number of benzene rings is 1. The molecule has 0 unspecified atom stereocenters. The van der Waals surface area contributed by atoms with Crippen LogP contribution >= 0.6 is 0 Å². The molecule has 0 amide bonds. The van der Waals surface area contributed by atoms with Gasteiger partial charge in [-0.3, -0.25) is 0 Å². The van der Waals surface area contributed by atoms with E-state index in [-0.39, 0.29) is 5.82 Å². The highest BCUT2D eigenvalue weighted by Crippen LogP contribution is 2.36. The summed E-state index contributed by atoms with van der Waals surface area (Å²) in [5.41, 5.74) is 1.47. The third kappa shape index (κ3) is 2.08. The molecule has 108 valence electrons. The number of fused-ring (bicyclic) bond motifs is 1. The Bertz CT molecular complexity index is 529. The molecule has 1 fully saturated rings. The summed E-state index contributed by atoms with van der Waals surface area (Å²) in [5.74, 6) is -0.164. The zero-order valence-corrected chi connectivity index (χ0v) is 12.5. The monoisotopic (exact) mass is 277 g/mol. The number of nitrogens with one attached hydrogen (secondary N) is 1. The van der Waals surface area contributed by atoms with Gasteiger partial charge in [-0.1, -0.05) is 12.1 Å². The summed E-state index contributed by atoms with van der Waals surface area (Å²) in [4.78, 5) is 0. The minimum atomic E-state index is -0.625. The first-order valence-electron chi connectivity index (χ1n) is 7.18. The van der Waals surface area contributed by atoms with Crippen molar-refractivity contribution in [3.63, 3.8) is 0 Å². The predicted molar refractivity (Wildman–Crippen MR) is 77.5 cm³/mol. The molecule has 5 heteroatoms. The summed E-state index contributed by atoms with van der Waals surface area (Å²) in [7, 11) is -0.625. The molecule has 0 spiro atoms. The summed E-state index contributed by atoms with van der Waals surface area (Å²) in [6.45, 7) is 9.47. The molecule has 1 saturated heterocycles. The maximum Gasteiger partial charge on any atom is 0.497 e. The third-order valence-corrected chi connectivity index (χ3v) is 4.74. The fraction of sp³-hybridized carbons (Fsp3) is 0.600. The van der Waals surface area contributed by atoms with Crippen molar-refractivity contribution in [1.82, 2.24) is 5.32 Å². The lowest BCUT2D eigenvalue weighted by Crippen LogP contribution is -2.41.